The summed E-state index contributed by atoms with van der Waals surface area (Å²) in [6.45, 7) is 8.19. The lowest BCUT2D eigenvalue weighted by atomic mass is 9.90. The lowest BCUT2D eigenvalue weighted by molar-refractivity contribution is 0.0276. The van der Waals surface area contributed by atoms with Crippen LogP contribution in [0.3, 0.4) is 0 Å². The Bertz CT molecular complexity index is 403. The molecule has 2 unspecified atom stereocenters. The van der Waals surface area contributed by atoms with Crippen molar-refractivity contribution in [2.24, 2.45) is 5.73 Å². The van der Waals surface area contributed by atoms with Crippen molar-refractivity contribution >= 4 is 0 Å². The molecule has 2 atom stereocenters. The summed E-state index contributed by atoms with van der Waals surface area (Å²) in [5.41, 5.74) is 7.59. The summed E-state index contributed by atoms with van der Waals surface area (Å²) in [6.07, 6.45) is 4.96. The molecule has 0 spiro atoms. The number of aryl methyl sites for hydroxylation is 1. The molecule has 2 N–H and O–H groups in total. The van der Waals surface area contributed by atoms with Gasteiger partial charge in [0, 0.05) is 25.2 Å². The number of nitrogens with zero attached hydrogens (tertiary/aromatic N) is 1. The van der Waals surface area contributed by atoms with E-state index in [1.807, 2.05) is 0 Å². The first kappa shape index (κ1) is 16.5. The van der Waals surface area contributed by atoms with Gasteiger partial charge in [-0.15, -0.1) is 0 Å². The molecule has 2 rings (SSSR count). The predicted octanol–water partition coefficient (Wildman–Crippen LogP) is 2.84. The van der Waals surface area contributed by atoms with Gasteiger partial charge < -0.3 is 10.5 Å². The number of benzene rings is 1. The largest absolute Gasteiger partial charge is 0.377 e. The molecule has 118 valence electrons. The molecule has 0 aliphatic carbocycles. The maximum Gasteiger partial charge on any atom is 0.0703 e. The van der Waals surface area contributed by atoms with Gasteiger partial charge in [-0.3, -0.25) is 4.90 Å². The number of hydrogen-bond acceptors (Lipinski definition) is 3. The Morgan fingerprint density at radius 3 is 2.67 bits per heavy atom. The van der Waals surface area contributed by atoms with Crippen molar-refractivity contribution < 1.29 is 4.74 Å². The van der Waals surface area contributed by atoms with Crippen LogP contribution in [-0.2, 0) is 11.2 Å². The van der Waals surface area contributed by atoms with Crippen LogP contribution in [0.1, 0.15) is 38.7 Å². The van der Waals surface area contributed by atoms with Crippen LogP contribution < -0.4 is 5.73 Å². The maximum absolute atomic E-state index is 6.14. The summed E-state index contributed by atoms with van der Waals surface area (Å²) in [4.78, 5) is 2.52. The smallest absolute Gasteiger partial charge is 0.0703 e. The molecule has 3 heteroatoms. The first-order chi connectivity index (χ1) is 10.2. The molecule has 1 heterocycles. The number of likely N-dealkylation sites (N-methyl/N-ethyl adjacent to an activating group) is 1. The first-order valence-electron chi connectivity index (χ1n) is 8.28. The lowest BCUT2D eigenvalue weighted by Crippen LogP contribution is -2.54. The second-order valence-corrected chi connectivity index (χ2v) is 6.36. The zero-order valence-electron chi connectivity index (χ0n) is 13.6. The van der Waals surface area contributed by atoms with E-state index in [0.29, 0.717) is 12.6 Å². The highest BCUT2D eigenvalue weighted by atomic mass is 16.5. The van der Waals surface area contributed by atoms with E-state index in [9.17, 15) is 0 Å². The number of ether oxygens (including phenoxy) is 1. The summed E-state index contributed by atoms with van der Waals surface area (Å²) < 4.78 is 5.81. The first-order valence-corrected chi connectivity index (χ1v) is 8.28. The van der Waals surface area contributed by atoms with Crippen LogP contribution in [0.5, 0.6) is 0 Å². The molecular formula is C18H30N2O. The van der Waals surface area contributed by atoms with Gasteiger partial charge in [-0.25, -0.2) is 0 Å². The van der Waals surface area contributed by atoms with Crippen LogP contribution in [0, 0.1) is 0 Å². The molecule has 0 bridgehead atoms. The third-order valence-electron chi connectivity index (χ3n) is 4.83. The Hall–Kier alpha value is -0.900. The van der Waals surface area contributed by atoms with Gasteiger partial charge in [0.1, 0.15) is 0 Å². The quantitative estimate of drug-likeness (QED) is 0.800. The molecular weight excluding hydrogens is 260 g/mol. The highest BCUT2D eigenvalue weighted by Crippen LogP contribution is 2.24. The highest BCUT2D eigenvalue weighted by Gasteiger charge is 2.31. The average molecular weight is 290 g/mol. The van der Waals surface area contributed by atoms with Gasteiger partial charge in [0.25, 0.3) is 0 Å². The van der Waals surface area contributed by atoms with Gasteiger partial charge in [0.2, 0.25) is 0 Å². The summed E-state index contributed by atoms with van der Waals surface area (Å²) >= 11 is 0. The lowest BCUT2D eigenvalue weighted by Gasteiger charge is -2.41. The van der Waals surface area contributed by atoms with Crippen molar-refractivity contribution in [3.63, 3.8) is 0 Å². The molecule has 0 radical (unpaired) electrons. The van der Waals surface area contributed by atoms with E-state index in [1.165, 1.54) is 18.4 Å². The van der Waals surface area contributed by atoms with E-state index >= 15 is 0 Å². The monoisotopic (exact) mass is 290 g/mol. The van der Waals surface area contributed by atoms with Crippen molar-refractivity contribution in [1.29, 1.82) is 0 Å². The molecule has 21 heavy (non-hydrogen) atoms. The minimum Gasteiger partial charge on any atom is -0.377 e. The molecule has 0 amide bonds. The van der Waals surface area contributed by atoms with E-state index in [0.717, 1.165) is 32.5 Å². The van der Waals surface area contributed by atoms with E-state index in [1.54, 1.807) is 0 Å². The van der Waals surface area contributed by atoms with Crippen molar-refractivity contribution in [1.82, 2.24) is 4.90 Å². The van der Waals surface area contributed by atoms with Gasteiger partial charge in [0.15, 0.2) is 0 Å². The van der Waals surface area contributed by atoms with Gasteiger partial charge in [-0.1, -0.05) is 37.3 Å². The van der Waals surface area contributed by atoms with E-state index in [2.05, 4.69) is 49.1 Å². The van der Waals surface area contributed by atoms with Crippen molar-refractivity contribution in [3.05, 3.63) is 35.9 Å². The van der Waals surface area contributed by atoms with Gasteiger partial charge in [-0.2, -0.15) is 0 Å². The third kappa shape index (κ3) is 4.53. The zero-order chi connectivity index (χ0) is 15.1. The van der Waals surface area contributed by atoms with Crippen LogP contribution in [0.4, 0.5) is 0 Å². The number of rotatable bonds is 8. The van der Waals surface area contributed by atoms with Crippen molar-refractivity contribution in [2.75, 3.05) is 26.2 Å². The highest BCUT2D eigenvalue weighted by molar-refractivity contribution is 5.15. The number of hydrogen-bond donors (Lipinski definition) is 1. The van der Waals surface area contributed by atoms with Crippen molar-refractivity contribution in [3.8, 4) is 0 Å². The zero-order valence-corrected chi connectivity index (χ0v) is 13.6. The predicted molar refractivity (Wildman–Crippen MR) is 88.4 cm³/mol. The second-order valence-electron chi connectivity index (χ2n) is 6.36. The van der Waals surface area contributed by atoms with Crippen LogP contribution in [-0.4, -0.2) is 42.8 Å². The van der Waals surface area contributed by atoms with E-state index in [-0.39, 0.29) is 5.54 Å². The van der Waals surface area contributed by atoms with Gasteiger partial charge in [-0.05, 0) is 44.7 Å². The van der Waals surface area contributed by atoms with Crippen molar-refractivity contribution in [2.45, 2.75) is 51.2 Å². The Balaban J connectivity index is 1.95. The summed E-state index contributed by atoms with van der Waals surface area (Å²) in [7, 11) is 0. The molecule has 1 aromatic rings. The fraction of sp³-hybridized carbons (Fsp3) is 0.667. The summed E-state index contributed by atoms with van der Waals surface area (Å²) in [6, 6.07) is 10.7. The van der Waals surface area contributed by atoms with Crippen LogP contribution in [0.15, 0.2) is 30.3 Å². The third-order valence-corrected chi connectivity index (χ3v) is 4.83. The minimum atomic E-state index is 0.0521. The fourth-order valence-electron chi connectivity index (χ4n) is 3.21. The van der Waals surface area contributed by atoms with Crippen LogP contribution >= 0.6 is 0 Å². The standard InChI is InChI=1S/C18H30N2O/c1-3-20(14-17-10-7-13-21-17)18(2,15-19)12-11-16-8-5-4-6-9-16/h4-6,8-9,17H,3,7,10-15,19H2,1-2H3. The Labute approximate surface area is 129 Å². The fourth-order valence-corrected chi connectivity index (χ4v) is 3.21. The molecule has 1 aromatic carbocycles. The van der Waals surface area contributed by atoms with Gasteiger partial charge >= 0.3 is 0 Å². The Kier molecular flexibility index (Phi) is 6.22. The molecule has 1 saturated heterocycles. The normalized spacial score (nSPS) is 21.6. The summed E-state index contributed by atoms with van der Waals surface area (Å²) in [5.74, 6) is 0. The average Bonchev–Trinajstić information content (AvgIpc) is 3.04. The molecule has 1 aliphatic rings. The second kappa shape index (κ2) is 7.92. The Morgan fingerprint density at radius 2 is 2.10 bits per heavy atom. The molecule has 0 saturated carbocycles. The van der Waals surface area contributed by atoms with Gasteiger partial charge in [0.05, 0.1) is 6.10 Å². The molecule has 1 aliphatic heterocycles. The molecule has 0 aromatic heterocycles. The van der Waals surface area contributed by atoms with E-state index < -0.39 is 0 Å². The molecule has 1 fully saturated rings. The Morgan fingerprint density at radius 1 is 1.33 bits per heavy atom. The molecule has 3 nitrogen and oxygen atoms in total. The number of nitrogens with two attached hydrogens (primary N) is 1. The van der Waals surface area contributed by atoms with Crippen LogP contribution in [0.25, 0.3) is 0 Å². The minimum absolute atomic E-state index is 0.0521. The SMILES string of the molecule is CCN(CC1CCCO1)C(C)(CN)CCc1ccccc1. The topological polar surface area (TPSA) is 38.5 Å². The van der Waals surface area contributed by atoms with E-state index in [4.69, 9.17) is 10.5 Å². The maximum atomic E-state index is 6.14. The van der Waals surface area contributed by atoms with Crippen LogP contribution in [0.2, 0.25) is 0 Å². The summed E-state index contributed by atoms with van der Waals surface area (Å²) in [5, 5.41) is 0.